The highest BCUT2D eigenvalue weighted by molar-refractivity contribution is 7.94. The number of halogens is 1. The van der Waals surface area contributed by atoms with Crippen molar-refractivity contribution >= 4 is 50.6 Å². The van der Waals surface area contributed by atoms with E-state index in [4.69, 9.17) is 16.3 Å². The molecule has 0 saturated heterocycles. The van der Waals surface area contributed by atoms with E-state index in [2.05, 4.69) is 9.46 Å². The number of ether oxygens (including phenoxy) is 2. The summed E-state index contributed by atoms with van der Waals surface area (Å²) < 4.78 is 36.9. The van der Waals surface area contributed by atoms with Crippen molar-refractivity contribution in [3.05, 3.63) is 46.3 Å². The lowest BCUT2D eigenvalue weighted by atomic mass is 10.2. The summed E-state index contributed by atoms with van der Waals surface area (Å²) in [5.74, 6) is -1.58. The predicted octanol–water partition coefficient (Wildman–Crippen LogP) is 2.92. The van der Waals surface area contributed by atoms with Gasteiger partial charge in [0.2, 0.25) is 0 Å². The van der Waals surface area contributed by atoms with Crippen LogP contribution in [0, 0.1) is 0 Å². The molecule has 0 spiro atoms. The molecular weight excluding hydrogens is 390 g/mol. The van der Waals surface area contributed by atoms with Gasteiger partial charge in [-0.2, -0.15) is 0 Å². The van der Waals surface area contributed by atoms with Crippen LogP contribution in [0.2, 0.25) is 4.34 Å². The van der Waals surface area contributed by atoms with Crippen LogP contribution >= 0.6 is 22.9 Å². The van der Waals surface area contributed by atoms with Crippen molar-refractivity contribution in [3.63, 3.8) is 0 Å². The minimum absolute atomic E-state index is 0.00333. The fraction of sp³-hybridized carbons (Fsp3) is 0.200. The number of hydrogen-bond donors (Lipinski definition) is 1. The maximum atomic E-state index is 12.4. The molecule has 1 aromatic carbocycles. The lowest BCUT2D eigenvalue weighted by Gasteiger charge is -2.14. The average molecular weight is 404 g/mol. The molecule has 134 valence electrons. The van der Waals surface area contributed by atoms with E-state index in [1.54, 1.807) is 12.1 Å². The number of carbonyl (C=O) groups excluding carboxylic acids is 2. The second-order valence-corrected chi connectivity index (χ2v) is 8.40. The molecule has 1 N–H and O–H groups in total. The van der Waals surface area contributed by atoms with Crippen molar-refractivity contribution in [1.82, 2.24) is 0 Å². The Labute approximate surface area is 153 Å². The Bertz CT molecular complexity index is 893. The predicted molar refractivity (Wildman–Crippen MR) is 93.5 cm³/mol. The number of nitrogens with one attached hydrogen (secondary N) is 1. The number of esters is 2. The van der Waals surface area contributed by atoms with Crippen LogP contribution in [0.5, 0.6) is 0 Å². The van der Waals surface area contributed by atoms with E-state index in [1.807, 2.05) is 0 Å². The number of carbonyl (C=O) groups is 2. The van der Waals surface area contributed by atoms with Crippen molar-refractivity contribution in [3.8, 4) is 0 Å². The summed E-state index contributed by atoms with van der Waals surface area (Å²) in [5, 5.41) is 0. The summed E-state index contributed by atoms with van der Waals surface area (Å²) in [6, 6.07) is 8.70. The van der Waals surface area contributed by atoms with Crippen LogP contribution < -0.4 is 4.72 Å². The van der Waals surface area contributed by atoms with Crippen LogP contribution in [0.15, 0.2) is 40.6 Å². The van der Waals surface area contributed by atoms with Gasteiger partial charge in [0.15, 0.2) is 6.10 Å². The number of benzene rings is 1. The molecule has 0 saturated carbocycles. The molecule has 0 aliphatic heterocycles. The van der Waals surface area contributed by atoms with Crippen molar-refractivity contribution in [2.24, 2.45) is 0 Å². The molecule has 0 aliphatic rings. The van der Waals surface area contributed by atoms with Crippen LogP contribution in [-0.2, 0) is 24.3 Å². The first-order valence-electron chi connectivity index (χ1n) is 6.90. The summed E-state index contributed by atoms with van der Waals surface area (Å²) >= 11 is 6.64. The van der Waals surface area contributed by atoms with E-state index in [1.165, 1.54) is 38.3 Å². The van der Waals surface area contributed by atoms with Gasteiger partial charge in [-0.25, -0.2) is 18.0 Å². The smallest absolute Gasteiger partial charge is 0.346 e. The quantitative estimate of drug-likeness (QED) is 0.744. The molecule has 0 aliphatic carbocycles. The van der Waals surface area contributed by atoms with Crippen molar-refractivity contribution in [2.45, 2.75) is 17.2 Å². The van der Waals surface area contributed by atoms with Crippen LogP contribution in [0.3, 0.4) is 0 Å². The Balaban J connectivity index is 2.26. The molecule has 0 bridgehead atoms. The van der Waals surface area contributed by atoms with Gasteiger partial charge >= 0.3 is 11.9 Å². The molecule has 10 heteroatoms. The van der Waals surface area contributed by atoms with Crippen molar-refractivity contribution < 1.29 is 27.5 Å². The van der Waals surface area contributed by atoms with Gasteiger partial charge in [0.1, 0.15) is 4.21 Å². The van der Waals surface area contributed by atoms with Crippen LogP contribution in [0.4, 0.5) is 5.69 Å². The first kappa shape index (κ1) is 19.2. The first-order valence-corrected chi connectivity index (χ1v) is 9.58. The van der Waals surface area contributed by atoms with Crippen LogP contribution in [-0.4, -0.2) is 33.6 Å². The summed E-state index contributed by atoms with van der Waals surface area (Å²) in [7, 11) is -2.75. The zero-order valence-corrected chi connectivity index (χ0v) is 15.6. The normalized spacial score (nSPS) is 12.3. The Morgan fingerprint density at radius 1 is 1.20 bits per heavy atom. The third-order valence-electron chi connectivity index (χ3n) is 3.02. The second-order valence-electron chi connectivity index (χ2n) is 4.78. The van der Waals surface area contributed by atoms with Crippen LogP contribution in [0.25, 0.3) is 0 Å². The van der Waals surface area contributed by atoms with Gasteiger partial charge in [-0.3, -0.25) is 4.72 Å². The molecule has 1 atom stereocenters. The standard InChI is InChI=1S/C15H14ClNO6S2/c1-9(14(18)22-2)23-15(19)10-5-3-4-6-11(10)17-25(20,21)13-8-7-12(16)24-13/h3-9,17H,1-2H3/t9-/m1/s1. The SMILES string of the molecule is COC(=O)[C@@H](C)OC(=O)c1ccccc1NS(=O)(=O)c1ccc(Cl)s1. The number of thiophene rings is 1. The lowest BCUT2D eigenvalue weighted by Crippen LogP contribution is -2.26. The van der Waals surface area contributed by atoms with Gasteiger partial charge in [0, 0.05) is 0 Å². The van der Waals surface area contributed by atoms with Gasteiger partial charge in [-0.05, 0) is 31.2 Å². The molecule has 0 radical (unpaired) electrons. The molecular formula is C15H14ClNO6S2. The number of para-hydroxylation sites is 1. The van der Waals surface area contributed by atoms with Gasteiger partial charge < -0.3 is 9.47 Å². The average Bonchev–Trinajstić information content (AvgIpc) is 3.01. The minimum atomic E-state index is -3.91. The summed E-state index contributed by atoms with van der Waals surface area (Å²) in [6.07, 6.45) is -1.13. The highest BCUT2D eigenvalue weighted by Crippen LogP contribution is 2.28. The third kappa shape index (κ3) is 4.71. The minimum Gasteiger partial charge on any atom is -0.466 e. The molecule has 0 amide bonds. The molecule has 25 heavy (non-hydrogen) atoms. The van der Waals surface area contributed by atoms with E-state index in [-0.39, 0.29) is 15.5 Å². The summed E-state index contributed by atoms with van der Waals surface area (Å²) in [5.41, 5.74) is -0.0152. The van der Waals surface area contributed by atoms with E-state index >= 15 is 0 Å². The Morgan fingerprint density at radius 3 is 2.48 bits per heavy atom. The largest absolute Gasteiger partial charge is 0.466 e. The van der Waals surface area contributed by atoms with Crippen LogP contribution in [0.1, 0.15) is 17.3 Å². The number of hydrogen-bond acceptors (Lipinski definition) is 7. The molecule has 1 aromatic heterocycles. The first-order chi connectivity index (χ1) is 11.7. The van der Waals surface area contributed by atoms with Gasteiger partial charge in [0.05, 0.1) is 22.7 Å². The molecule has 1 heterocycles. The summed E-state index contributed by atoms with van der Waals surface area (Å²) in [4.78, 5) is 23.6. The second kappa shape index (κ2) is 7.85. The molecule has 2 aromatic rings. The summed E-state index contributed by atoms with van der Waals surface area (Å²) in [6.45, 7) is 1.35. The highest BCUT2D eigenvalue weighted by atomic mass is 35.5. The Hall–Kier alpha value is -2.10. The molecule has 7 nitrogen and oxygen atoms in total. The zero-order valence-electron chi connectivity index (χ0n) is 13.2. The number of rotatable bonds is 6. The highest BCUT2D eigenvalue weighted by Gasteiger charge is 2.24. The monoisotopic (exact) mass is 403 g/mol. The number of sulfonamides is 1. The Kier molecular flexibility index (Phi) is 6.04. The molecule has 0 fully saturated rings. The molecule has 0 unspecified atom stereocenters. The number of anilines is 1. The maximum absolute atomic E-state index is 12.4. The lowest BCUT2D eigenvalue weighted by molar-refractivity contribution is -0.149. The zero-order chi connectivity index (χ0) is 18.6. The Morgan fingerprint density at radius 2 is 1.88 bits per heavy atom. The fourth-order valence-electron chi connectivity index (χ4n) is 1.83. The van der Waals surface area contributed by atoms with Crippen molar-refractivity contribution in [1.29, 1.82) is 0 Å². The van der Waals surface area contributed by atoms with Gasteiger partial charge in [0.25, 0.3) is 10.0 Å². The van der Waals surface area contributed by atoms with Gasteiger partial charge in [-0.15, -0.1) is 11.3 Å². The number of methoxy groups -OCH3 is 1. The van der Waals surface area contributed by atoms with E-state index in [0.29, 0.717) is 4.34 Å². The van der Waals surface area contributed by atoms with E-state index in [9.17, 15) is 18.0 Å². The molecule has 2 rings (SSSR count). The van der Waals surface area contributed by atoms with Gasteiger partial charge in [-0.1, -0.05) is 23.7 Å². The maximum Gasteiger partial charge on any atom is 0.346 e. The van der Waals surface area contributed by atoms with E-state index < -0.39 is 28.1 Å². The third-order valence-corrected chi connectivity index (χ3v) is 6.11. The van der Waals surface area contributed by atoms with Crippen molar-refractivity contribution in [2.75, 3.05) is 11.8 Å². The van der Waals surface area contributed by atoms with E-state index in [0.717, 1.165) is 11.3 Å². The topological polar surface area (TPSA) is 98.8 Å². The fourth-order valence-corrected chi connectivity index (χ4v) is 4.39.